The molecule has 0 bridgehead atoms. The first-order chi connectivity index (χ1) is 10.8. The molecule has 6 heteroatoms. The summed E-state index contributed by atoms with van der Waals surface area (Å²) in [6, 6.07) is 15.6. The van der Waals surface area contributed by atoms with E-state index >= 15 is 0 Å². The number of allylic oxidation sites excluding steroid dienone is 1. The number of nitrogens with zero attached hydrogens (tertiary/aromatic N) is 1. The Morgan fingerprint density at radius 3 is 1.70 bits per heavy atom. The van der Waals surface area contributed by atoms with Crippen molar-refractivity contribution in [2.24, 2.45) is 4.99 Å². The first-order valence-corrected chi connectivity index (χ1v) is 6.61. The predicted octanol–water partition coefficient (Wildman–Crippen LogP) is 5.34. The third kappa shape index (κ3) is 4.25. The second-order valence-electron chi connectivity index (χ2n) is 4.68. The van der Waals surface area contributed by atoms with Gasteiger partial charge in [0.2, 0.25) is 0 Å². The van der Waals surface area contributed by atoms with Crippen molar-refractivity contribution in [1.29, 1.82) is 0 Å². The molecular weight excluding hydrogens is 313 g/mol. The van der Waals surface area contributed by atoms with Gasteiger partial charge in [0.05, 0.1) is 0 Å². The molecule has 0 saturated carbocycles. The quantitative estimate of drug-likeness (QED) is 0.531. The molecule has 0 N–H and O–H groups in total. The second kappa shape index (κ2) is 6.73. The Labute approximate surface area is 129 Å². The van der Waals surface area contributed by atoms with Gasteiger partial charge in [-0.15, -0.1) is 0 Å². The Morgan fingerprint density at radius 1 is 0.739 bits per heavy atom. The van der Waals surface area contributed by atoms with Crippen LogP contribution in [0.5, 0.6) is 0 Å². The number of alkyl halides is 5. The normalized spacial score (nSPS) is 13.5. The van der Waals surface area contributed by atoms with Gasteiger partial charge >= 0.3 is 12.1 Å². The largest absolute Gasteiger partial charge is 0.459 e. The van der Waals surface area contributed by atoms with Crippen LogP contribution in [-0.2, 0) is 0 Å². The Kier molecular flexibility index (Phi) is 4.93. The molecule has 2 aromatic rings. The van der Waals surface area contributed by atoms with Crippen molar-refractivity contribution in [2.75, 3.05) is 0 Å². The van der Waals surface area contributed by atoms with Crippen LogP contribution in [0, 0.1) is 0 Å². The lowest BCUT2D eigenvalue weighted by Crippen LogP contribution is -2.37. The molecule has 2 rings (SSSR count). The molecular formula is C17H12F5N. The number of hydrogen-bond donors (Lipinski definition) is 0. The van der Waals surface area contributed by atoms with E-state index in [1.165, 1.54) is 24.3 Å². The zero-order valence-corrected chi connectivity index (χ0v) is 11.8. The van der Waals surface area contributed by atoms with Gasteiger partial charge in [0, 0.05) is 6.21 Å². The van der Waals surface area contributed by atoms with E-state index in [-0.39, 0.29) is 5.56 Å². The van der Waals surface area contributed by atoms with Crippen LogP contribution >= 0.6 is 0 Å². The number of hydrogen-bond acceptors (Lipinski definition) is 1. The van der Waals surface area contributed by atoms with Gasteiger partial charge in [0.1, 0.15) is 5.70 Å². The molecule has 0 spiro atoms. The molecule has 1 nitrogen and oxygen atoms in total. The van der Waals surface area contributed by atoms with E-state index in [0.29, 0.717) is 5.56 Å². The summed E-state index contributed by atoms with van der Waals surface area (Å²) >= 11 is 0. The average Bonchev–Trinajstić information content (AvgIpc) is 2.52. The molecule has 0 amide bonds. The van der Waals surface area contributed by atoms with Crippen molar-refractivity contribution in [3.8, 4) is 0 Å². The summed E-state index contributed by atoms with van der Waals surface area (Å²) in [7, 11) is 0. The van der Waals surface area contributed by atoms with Crippen LogP contribution in [0.25, 0.3) is 6.08 Å². The fraction of sp³-hybridized carbons (Fsp3) is 0.118. The Morgan fingerprint density at radius 2 is 1.22 bits per heavy atom. The zero-order chi connectivity index (χ0) is 16.9. The summed E-state index contributed by atoms with van der Waals surface area (Å²) in [5.41, 5.74) is -0.735. The van der Waals surface area contributed by atoms with Crippen molar-refractivity contribution in [2.45, 2.75) is 12.1 Å². The van der Waals surface area contributed by atoms with Gasteiger partial charge < -0.3 is 0 Å². The number of benzene rings is 2. The van der Waals surface area contributed by atoms with Crippen LogP contribution in [0.1, 0.15) is 11.1 Å². The minimum absolute atomic E-state index is 0.205. The Hall–Kier alpha value is -2.50. The lowest BCUT2D eigenvalue weighted by Gasteiger charge is -2.20. The summed E-state index contributed by atoms with van der Waals surface area (Å²) in [6.07, 6.45) is -4.01. The van der Waals surface area contributed by atoms with Crippen LogP contribution in [0.15, 0.2) is 71.4 Å². The summed E-state index contributed by atoms with van der Waals surface area (Å²) in [6.45, 7) is 0. The van der Waals surface area contributed by atoms with Crippen molar-refractivity contribution < 1.29 is 22.0 Å². The molecule has 120 valence electrons. The molecule has 0 unspecified atom stereocenters. The molecule has 0 aliphatic heterocycles. The van der Waals surface area contributed by atoms with Crippen LogP contribution in [0.2, 0.25) is 0 Å². The van der Waals surface area contributed by atoms with E-state index in [1.54, 1.807) is 36.4 Å². The molecule has 0 saturated heterocycles. The van der Waals surface area contributed by atoms with Gasteiger partial charge in [-0.25, -0.2) is 0 Å². The average molecular weight is 325 g/mol. The van der Waals surface area contributed by atoms with E-state index in [2.05, 4.69) is 4.99 Å². The topological polar surface area (TPSA) is 12.4 Å². The molecule has 0 aliphatic rings. The molecule has 0 aromatic heterocycles. The van der Waals surface area contributed by atoms with Gasteiger partial charge in [-0.05, 0) is 17.2 Å². The van der Waals surface area contributed by atoms with Crippen LogP contribution in [0.4, 0.5) is 22.0 Å². The summed E-state index contributed by atoms with van der Waals surface area (Å²) in [4.78, 5) is 3.39. The molecule has 0 aliphatic carbocycles. The van der Waals surface area contributed by atoms with E-state index in [1.807, 2.05) is 0 Å². The highest BCUT2D eigenvalue weighted by Crippen LogP contribution is 2.42. The molecule has 0 heterocycles. The minimum atomic E-state index is -5.72. The third-order valence-corrected chi connectivity index (χ3v) is 2.93. The number of rotatable bonds is 4. The van der Waals surface area contributed by atoms with Gasteiger partial charge in [-0.3, -0.25) is 4.99 Å². The van der Waals surface area contributed by atoms with Crippen molar-refractivity contribution in [3.63, 3.8) is 0 Å². The summed E-state index contributed by atoms with van der Waals surface area (Å²) in [5.74, 6) is -5.05. The summed E-state index contributed by atoms with van der Waals surface area (Å²) < 4.78 is 65.3. The summed E-state index contributed by atoms with van der Waals surface area (Å²) in [5, 5.41) is 0. The maximum absolute atomic E-state index is 13.7. The minimum Gasteiger partial charge on any atom is -0.254 e. The van der Waals surface area contributed by atoms with E-state index in [9.17, 15) is 22.0 Å². The molecule has 0 atom stereocenters. The molecule has 2 aromatic carbocycles. The standard InChI is InChI=1S/C17H12F5N/c18-16(19,17(20,21)22)15(11-13-7-3-1-4-8-13)23-12-14-9-5-2-6-10-14/h1-12H/b15-11-,23-12?. The first kappa shape index (κ1) is 16.9. The smallest absolute Gasteiger partial charge is 0.254 e. The number of aliphatic imine (C=N–C) groups is 1. The highest BCUT2D eigenvalue weighted by Gasteiger charge is 2.60. The van der Waals surface area contributed by atoms with Crippen LogP contribution < -0.4 is 0 Å². The maximum atomic E-state index is 13.7. The zero-order valence-electron chi connectivity index (χ0n) is 11.8. The van der Waals surface area contributed by atoms with Crippen molar-refractivity contribution >= 4 is 12.3 Å². The highest BCUT2D eigenvalue weighted by molar-refractivity contribution is 5.81. The third-order valence-electron chi connectivity index (χ3n) is 2.93. The highest BCUT2D eigenvalue weighted by atomic mass is 19.4. The number of halogens is 5. The predicted molar refractivity (Wildman–Crippen MR) is 79.5 cm³/mol. The monoisotopic (exact) mass is 325 g/mol. The van der Waals surface area contributed by atoms with Gasteiger partial charge in [-0.1, -0.05) is 60.7 Å². The molecule has 0 fully saturated rings. The van der Waals surface area contributed by atoms with Gasteiger partial charge in [0.25, 0.3) is 0 Å². The Bertz CT molecular complexity index is 688. The SMILES string of the molecule is FC(F)(F)C(F)(F)/C(=C/c1ccccc1)N=Cc1ccccc1. The fourth-order valence-corrected chi connectivity index (χ4v) is 1.74. The van der Waals surface area contributed by atoms with E-state index < -0.39 is 17.8 Å². The van der Waals surface area contributed by atoms with E-state index in [4.69, 9.17) is 0 Å². The lowest BCUT2D eigenvalue weighted by molar-refractivity contribution is -0.264. The van der Waals surface area contributed by atoms with Gasteiger partial charge in [-0.2, -0.15) is 22.0 Å². The molecule has 23 heavy (non-hydrogen) atoms. The maximum Gasteiger partial charge on any atom is 0.459 e. The first-order valence-electron chi connectivity index (χ1n) is 6.61. The fourth-order valence-electron chi connectivity index (χ4n) is 1.74. The second-order valence-corrected chi connectivity index (χ2v) is 4.68. The lowest BCUT2D eigenvalue weighted by atomic mass is 10.1. The van der Waals surface area contributed by atoms with E-state index in [0.717, 1.165) is 12.3 Å². The molecule has 0 radical (unpaired) electrons. The van der Waals surface area contributed by atoms with Crippen molar-refractivity contribution in [3.05, 3.63) is 77.5 Å². The Balaban J connectivity index is 2.44. The van der Waals surface area contributed by atoms with Crippen LogP contribution in [-0.4, -0.2) is 18.3 Å². The van der Waals surface area contributed by atoms with Crippen LogP contribution in [0.3, 0.4) is 0 Å². The van der Waals surface area contributed by atoms with Crippen molar-refractivity contribution in [1.82, 2.24) is 0 Å². The van der Waals surface area contributed by atoms with Gasteiger partial charge in [0.15, 0.2) is 0 Å².